The van der Waals surface area contributed by atoms with Crippen molar-refractivity contribution < 1.29 is 42.7 Å². The van der Waals surface area contributed by atoms with Crippen LogP contribution in [0.15, 0.2) is 12.2 Å². The van der Waals surface area contributed by atoms with E-state index in [4.69, 9.17) is 5.11 Å². The van der Waals surface area contributed by atoms with Crippen LogP contribution >= 0.6 is 0 Å². The Balaban J connectivity index is 0. The van der Waals surface area contributed by atoms with Crippen LogP contribution < -0.4 is 0 Å². The van der Waals surface area contributed by atoms with Crippen molar-refractivity contribution in [2.24, 2.45) is 0 Å². The van der Waals surface area contributed by atoms with Crippen LogP contribution in [-0.2, 0) is 37.6 Å². The Kier molecular flexibility index (Phi) is 19.2. The van der Waals surface area contributed by atoms with Crippen molar-refractivity contribution in [2.45, 2.75) is 78.1 Å². The number of carboxylic acid groups (broad SMARTS) is 1. The smallest absolute Gasteiger partial charge is 0.303 e. The summed E-state index contributed by atoms with van der Waals surface area (Å²) >= 11 is 0.767. The molecule has 0 amide bonds. The van der Waals surface area contributed by atoms with Crippen LogP contribution in [0.2, 0.25) is 0 Å². The van der Waals surface area contributed by atoms with E-state index in [-0.39, 0.29) is 5.97 Å². The molecule has 0 rings (SSSR count). The van der Waals surface area contributed by atoms with Gasteiger partial charge in [-0.15, -0.1) is 0 Å². The first-order valence-electron chi connectivity index (χ1n) is 7.70. The molecule has 1 N–H and O–H groups in total. The summed E-state index contributed by atoms with van der Waals surface area (Å²) < 4.78 is 4.36. The Morgan fingerprint density at radius 3 is 1.71 bits per heavy atom. The number of rotatable bonds is 11. The Labute approximate surface area is 144 Å². The molecule has 0 aliphatic heterocycles. The van der Waals surface area contributed by atoms with Crippen molar-refractivity contribution >= 4 is 11.9 Å². The Morgan fingerprint density at radius 1 is 1.00 bits per heavy atom. The van der Waals surface area contributed by atoms with Gasteiger partial charge in [0.2, 0.25) is 0 Å². The van der Waals surface area contributed by atoms with Gasteiger partial charge in [-0.25, -0.2) is 0 Å². The summed E-state index contributed by atoms with van der Waals surface area (Å²) in [7, 11) is 0. The van der Waals surface area contributed by atoms with Gasteiger partial charge in [0, 0.05) is 6.42 Å². The molecule has 0 saturated carbocycles. The summed E-state index contributed by atoms with van der Waals surface area (Å²) in [6.45, 7) is 7.21. The molecule has 0 unspecified atom stereocenters. The largest absolute Gasteiger partial charge is 0.481 e. The van der Waals surface area contributed by atoms with Crippen molar-refractivity contribution in [3.8, 4) is 0 Å². The van der Waals surface area contributed by atoms with Gasteiger partial charge >= 0.3 is 63.8 Å². The number of carbonyl (C=O) groups excluding carboxylic acids is 1. The minimum absolute atomic E-state index is 0.307. The topological polar surface area (TPSA) is 63.6 Å². The van der Waals surface area contributed by atoms with E-state index in [1.165, 1.54) is 44.9 Å². The van der Waals surface area contributed by atoms with Gasteiger partial charge in [-0.05, 0) is 6.42 Å². The first-order valence-corrected chi connectivity index (χ1v) is 8.71. The summed E-state index contributed by atoms with van der Waals surface area (Å²) in [5.74, 6) is -0.967. The van der Waals surface area contributed by atoms with E-state index in [2.05, 4.69) is 16.3 Å². The molecule has 0 heterocycles. The quantitative estimate of drug-likeness (QED) is 0.424. The zero-order valence-electron chi connectivity index (χ0n) is 13.5. The second-order valence-corrected chi connectivity index (χ2v) is 5.64. The van der Waals surface area contributed by atoms with Gasteiger partial charge in [0.15, 0.2) is 0 Å². The van der Waals surface area contributed by atoms with Crippen molar-refractivity contribution in [1.29, 1.82) is 0 Å². The van der Waals surface area contributed by atoms with E-state index in [1.807, 2.05) is 0 Å². The SMILES string of the molecule is C=C(C)C(=O)[O][Zr].CCCCCCCCCCCC(=O)O. The molecule has 121 valence electrons. The molecule has 4 nitrogen and oxygen atoms in total. The fourth-order valence-electron chi connectivity index (χ4n) is 1.67. The monoisotopic (exact) mass is 375 g/mol. The molecule has 5 heteroatoms. The zero-order valence-corrected chi connectivity index (χ0v) is 15.9. The van der Waals surface area contributed by atoms with Crippen molar-refractivity contribution in [3.05, 3.63) is 12.2 Å². The first kappa shape index (κ1) is 22.8. The third kappa shape index (κ3) is 22.0. The van der Waals surface area contributed by atoms with E-state index in [9.17, 15) is 9.59 Å². The molecule has 0 saturated heterocycles. The second-order valence-electron chi connectivity index (χ2n) is 5.14. The molecular weight excluding hydrogens is 347 g/mol. The molecule has 0 spiro atoms. The van der Waals surface area contributed by atoms with Crippen LogP contribution in [-0.4, -0.2) is 17.0 Å². The summed E-state index contributed by atoms with van der Waals surface area (Å²) in [5.41, 5.74) is 0.455. The molecule has 0 bridgehead atoms. The van der Waals surface area contributed by atoms with Crippen LogP contribution in [0.3, 0.4) is 0 Å². The normalized spacial score (nSPS) is 9.38. The Hall–Kier alpha value is -0.437. The molecule has 0 aliphatic rings. The second kappa shape index (κ2) is 17.6. The van der Waals surface area contributed by atoms with Gasteiger partial charge in [0.1, 0.15) is 0 Å². The van der Waals surface area contributed by atoms with Gasteiger partial charge < -0.3 is 5.11 Å². The van der Waals surface area contributed by atoms with Gasteiger partial charge in [-0.3, -0.25) is 4.79 Å². The van der Waals surface area contributed by atoms with Gasteiger partial charge in [0.25, 0.3) is 0 Å². The van der Waals surface area contributed by atoms with Crippen molar-refractivity contribution in [2.75, 3.05) is 0 Å². The average Bonchev–Trinajstić information content (AvgIpc) is 2.45. The summed E-state index contributed by atoms with van der Waals surface area (Å²) in [4.78, 5) is 20.4. The van der Waals surface area contributed by atoms with E-state index in [1.54, 1.807) is 6.92 Å². The van der Waals surface area contributed by atoms with E-state index in [0.29, 0.717) is 12.0 Å². The standard InChI is InChI=1S/C12H24O2.C4H6O2.Zr/c1-2-3-4-5-6-7-8-9-10-11-12(13)14;1-3(2)4(5)6;/h2-11H2,1H3,(H,13,14);1H2,2H3,(H,5,6);/q;;+1/p-1. The maximum Gasteiger partial charge on any atom is 0.303 e. The van der Waals surface area contributed by atoms with Crippen molar-refractivity contribution in [1.82, 2.24) is 0 Å². The van der Waals surface area contributed by atoms with Crippen molar-refractivity contribution in [3.63, 3.8) is 0 Å². The van der Waals surface area contributed by atoms with E-state index >= 15 is 0 Å². The Morgan fingerprint density at radius 2 is 1.43 bits per heavy atom. The van der Waals surface area contributed by atoms with Crippen LogP contribution in [0.5, 0.6) is 0 Å². The number of aliphatic carboxylic acids is 1. The molecule has 0 aliphatic carbocycles. The van der Waals surface area contributed by atoms with E-state index in [0.717, 1.165) is 38.0 Å². The van der Waals surface area contributed by atoms with Gasteiger partial charge in [-0.1, -0.05) is 58.3 Å². The molecule has 0 atom stereocenters. The van der Waals surface area contributed by atoms with Gasteiger partial charge in [-0.2, -0.15) is 0 Å². The fraction of sp³-hybridized carbons (Fsp3) is 0.750. The number of carbonyl (C=O) groups is 2. The van der Waals surface area contributed by atoms with Crippen LogP contribution in [0.4, 0.5) is 0 Å². The van der Waals surface area contributed by atoms with E-state index < -0.39 is 5.97 Å². The van der Waals surface area contributed by atoms with Gasteiger partial charge in [0.05, 0.1) is 0 Å². The van der Waals surface area contributed by atoms with Crippen LogP contribution in [0.25, 0.3) is 0 Å². The number of hydrogen-bond donors (Lipinski definition) is 1. The predicted octanol–water partition coefficient (Wildman–Crippen LogP) is 4.56. The summed E-state index contributed by atoms with van der Waals surface area (Å²) in [5, 5.41) is 8.41. The molecule has 0 aromatic heterocycles. The molecule has 21 heavy (non-hydrogen) atoms. The zero-order chi connectivity index (χ0) is 16.5. The third-order valence-corrected chi connectivity index (χ3v) is 3.39. The first-order chi connectivity index (χ1) is 9.95. The van der Waals surface area contributed by atoms with Crippen LogP contribution in [0.1, 0.15) is 78.1 Å². The predicted molar refractivity (Wildman–Crippen MR) is 80.4 cm³/mol. The maximum absolute atomic E-state index is 10.2. The molecule has 0 radical (unpaired) electrons. The number of carboxylic acids is 1. The molecular formula is C16H29O4Zr. The average molecular weight is 377 g/mol. The summed E-state index contributed by atoms with van der Waals surface area (Å²) in [6, 6.07) is 0. The molecule has 0 aromatic rings. The van der Waals surface area contributed by atoms with Crippen LogP contribution in [0, 0.1) is 0 Å². The summed E-state index contributed by atoms with van der Waals surface area (Å²) in [6.07, 6.45) is 11.5. The number of hydrogen-bond acceptors (Lipinski definition) is 3. The fourth-order valence-corrected chi connectivity index (χ4v) is 2.10. The minimum atomic E-state index is -0.659. The maximum atomic E-state index is 10.2. The molecule has 0 fully saturated rings. The minimum Gasteiger partial charge on any atom is -0.481 e. The number of unbranched alkanes of at least 4 members (excludes halogenated alkanes) is 8. The third-order valence-electron chi connectivity index (χ3n) is 2.94. The molecule has 0 aromatic carbocycles. The Bertz CT molecular complexity index is 290.